The van der Waals surface area contributed by atoms with E-state index in [0.717, 1.165) is 13.0 Å². The van der Waals surface area contributed by atoms with Gasteiger partial charge in [-0.15, -0.1) is 5.92 Å². The molecule has 0 atom stereocenters. The fourth-order valence-electron chi connectivity index (χ4n) is 0.738. The van der Waals surface area contributed by atoms with Gasteiger partial charge in [-0.05, 0) is 26.9 Å². The van der Waals surface area contributed by atoms with Crippen LogP contribution in [0.5, 0.6) is 0 Å². The van der Waals surface area contributed by atoms with Gasteiger partial charge in [0.15, 0.2) is 0 Å². The Morgan fingerprint density at radius 2 is 2.27 bits per heavy atom. The first kappa shape index (κ1) is 10.2. The summed E-state index contributed by atoms with van der Waals surface area (Å²) >= 11 is 0. The van der Waals surface area contributed by atoms with E-state index in [1.807, 2.05) is 7.05 Å². The topological polar surface area (TPSA) is 29.1 Å². The average molecular weight is 153 g/mol. The van der Waals surface area contributed by atoms with E-state index in [4.69, 9.17) is 0 Å². The van der Waals surface area contributed by atoms with Crippen LogP contribution >= 0.6 is 0 Å². The first-order chi connectivity index (χ1) is 5.31. The van der Waals surface area contributed by atoms with E-state index in [-0.39, 0.29) is 5.78 Å². The molecule has 0 fully saturated rings. The molecule has 0 saturated carbocycles. The van der Waals surface area contributed by atoms with Gasteiger partial charge in [-0.2, -0.15) is 0 Å². The van der Waals surface area contributed by atoms with Crippen LogP contribution in [0.1, 0.15) is 26.2 Å². The van der Waals surface area contributed by atoms with Crippen molar-refractivity contribution in [1.82, 2.24) is 5.32 Å². The zero-order chi connectivity index (χ0) is 8.53. The van der Waals surface area contributed by atoms with Gasteiger partial charge in [-0.3, -0.25) is 4.79 Å². The van der Waals surface area contributed by atoms with Gasteiger partial charge in [-0.1, -0.05) is 5.92 Å². The first-order valence-corrected chi connectivity index (χ1v) is 3.87. The van der Waals surface area contributed by atoms with E-state index in [1.165, 1.54) is 0 Å². The van der Waals surface area contributed by atoms with Crippen LogP contribution in [0.2, 0.25) is 0 Å². The summed E-state index contributed by atoms with van der Waals surface area (Å²) in [6.45, 7) is 2.66. The summed E-state index contributed by atoms with van der Waals surface area (Å²) in [5.74, 6) is 5.70. The number of nitrogens with one attached hydrogen (secondary N) is 1. The van der Waals surface area contributed by atoms with Crippen molar-refractivity contribution >= 4 is 5.78 Å². The fourth-order valence-corrected chi connectivity index (χ4v) is 0.738. The van der Waals surface area contributed by atoms with Gasteiger partial charge in [0.1, 0.15) is 5.78 Å². The summed E-state index contributed by atoms with van der Waals surface area (Å²) in [5, 5.41) is 2.99. The number of hydrogen-bond donors (Lipinski definition) is 1. The van der Waals surface area contributed by atoms with E-state index in [2.05, 4.69) is 17.2 Å². The predicted octanol–water partition coefficient (Wildman–Crippen LogP) is 0.968. The lowest BCUT2D eigenvalue weighted by Crippen LogP contribution is -2.09. The number of ketones is 1. The average Bonchev–Trinajstić information content (AvgIpc) is 2.01. The van der Waals surface area contributed by atoms with Crippen molar-refractivity contribution in [3.63, 3.8) is 0 Å². The van der Waals surface area contributed by atoms with Crippen molar-refractivity contribution < 1.29 is 4.79 Å². The van der Waals surface area contributed by atoms with Crippen molar-refractivity contribution in [3.8, 4) is 11.8 Å². The van der Waals surface area contributed by atoms with Crippen LogP contribution in [-0.4, -0.2) is 19.4 Å². The minimum atomic E-state index is 0.245. The SMILES string of the molecule is CC#CCC(=O)CCCNC. The molecule has 2 heteroatoms. The Labute approximate surface area is 68.4 Å². The maximum Gasteiger partial charge on any atom is 0.144 e. The summed E-state index contributed by atoms with van der Waals surface area (Å²) in [6, 6.07) is 0. The van der Waals surface area contributed by atoms with E-state index < -0.39 is 0 Å². The molecule has 2 nitrogen and oxygen atoms in total. The monoisotopic (exact) mass is 153 g/mol. The van der Waals surface area contributed by atoms with Crippen molar-refractivity contribution in [2.45, 2.75) is 26.2 Å². The third kappa shape index (κ3) is 7.08. The highest BCUT2D eigenvalue weighted by atomic mass is 16.1. The highest BCUT2D eigenvalue weighted by molar-refractivity contribution is 5.80. The molecule has 11 heavy (non-hydrogen) atoms. The lowest BCUT2D eigenvalue weighted by atomic mass is 10.2. The number of Topliss-reactive ketones (excluding diaryl/α,β-unsaturated/α-hetero) is 1. The van der Waals surface area contributed by atoms with Gasteiger partial charge in [0.05, 0.1) is 6.42 Å². The molecule has 0 aliphatic carbocycles. The molecule has 0 radical (unpaired) electrons. The molecule has 0 aromatic rings. The molecule has 0 unspecified atom stereocenters. The van der Waals surface area contributed by atoms with Crippen molar-refractivity contribution in [1.29, 1.82) is 0 Å². The summed E-state index contributed by atoms with van der Waals surface area (Å²) in [7, 11) is 1.89. The third-order valence-corrected chi connectivity index (χ3v) is 1.34. The third-order valence-electron chi connectivity index (χ3n) is 1.34. The standard InChI is InChI=1S/C9H15NO/c1-3-4-6-9(11)7-5-8-10-2/h10H,5-8H2,1-2H3. The minimum Gasteiger partial charge on any atom is -0.320 e. The number of rotatable bonds is 5. The predicted molar refractivity (Wildman–Crippen MR) is 46.2 cm³/mol. The largest absolute Gasteiger partial charge is 0.320 e. The number of carbonyl (C=O) groups excluding carboxylic acids is 1. The molecule has 0 heterocycles. The Balaban J connectivity index is 3.27. The Kier molecular flexibility index (Phi) is 6.76. The Morgan fingerprint density at radius 1 is 1.55 bits per heavy atom. The van der Waals surface area contributed by atoms with Crippen LogP contribution in [-0.2, 0) is 4.79 Å². The molecule has 0 aromatic carbocycles. The van der Waals surface area contributed by atoms with E-state index in [1.54, 1.807) is 6.92 Å². The van der Waals surface area contributed by atoms with Crippen LogP contribution < -0.4 is 5.32 Å². The highest BCUT2D eigenvalue weighted by Crippen LogP contribution is 1.92. The molecule has 0 aliphatic heterocycles. The molecule has 1 N–H and O–H groups in total. The molecular formula is C9H15NO. The van der Waals surface area contributed by atoms with E-state index in [0.29, 0.717) is 12.8 Å². The van der Waals surface area contributed by atoms with Crippen LogP contribution in [0.25, 0.3) is 0 Å². The van der Waals surface area contributed by atoms with Gasteiger partial charge in [0.25, 0.3) is 0 Å². The normalized spacial score (nSPS) is 8.55. The van der Waals surface area contributed by atoms with E-state index >= 15 is 0 Å². The maximum atomic E-state index is 10.9. The lowest BCUT2D eigenvalue weighted by molar-refractivity contribution is -0.118. The maximum absolute atomic E-state index is 10.9. The zero-order valence-electron chi connectivity index (χ0n) is 7.24. The first-order valence-electron chi connectivity index (χ1n) is 3.87. The number of hydrogen-bond acceptors (Lipinski definition) is 2. The quantitative estimate of drug-likeness (QED) is 0.471. The summed E-state index contributed by atoms with van der Waals surface area (Å²) in [5.41, 5.74) is 0. The van der Waals surface area contributed by atoms with Gasteiger partial charge in [0.2, 0.25) is 0 Å². The Hall–Kier alpha value is -0.810. The molecule has 0 spiro atoms. The fraction of sp³-hybridized carbons (Fsp3) is 0.667. The highest BCUT2D eigenvalue weighted by Gasteiger charge is 1.97. The molecule has 0 rings (SSSR count). The summed E-state index contributed by atoms with van der Waals surface area (Å²) in [4.78, 5) is 10.9. The Morgan fingerprint density at radius 3 is 2.82 bits per heavy atom. The van der Waals surface area contributed by atoms with Crippen molar-refractivity contribution in [2.24, 2.45) is 0 Å². The van der Waals surface area contributed by atoms with Gasteiger partial charge >= 0.3 is 0 Å². The second kappa shape index (κ2) is 7.30. The smallest absolute Gasteiger partial charge is 0.144 e. The zero-order valence-corrected chi connectivity index (χ0v) is 7.24. The van der Waals surface area contributed by atoms with Crippen molar-refractivity contribution in [3.05, 3.63) is 0 Å². The second-order valence-electron chi connectivity index (χ2n) is 2.35. The summed E-state index contributed by atoms with van der Waals surface area (Å²) in [6.07, 6.45) is 1.98. The molecule has 0 saturated heterocycles. The van der Waals surface area contributed by atoms with Crippen molar-refractivity contribution in [2.75, 3.05) is 13.6 Å². The molecular weight excluding hydrogens is 138 g/mol. The van der Waals surface area contributed by atoms with Crippen LogP contribution in [0.4, 0.5) is 0 Å². The summed E-state index contributed by atoms with van der Waals surface area (Å²) < 4.78 is 0. The van der Waals surface area contributed by atoms with Gasteiger partial charge < -0.3 is 5.32 Å². The minimum absolute atomic E-state index is 0.245. The van der Waals surface area contributed by atoms with Crippen LogP contribution in [0.15, 0.2) is 0 Å². The van der Waals surface area contributed by atoms with Gasteiger partial charge in [0, 0.05) is 6.42 Å². The van der Waals surface area contributed by atoms with Crippen LogP contribution in [0, 0.1) is 11.8 Å². The van der Waals surface area contributed by atoms with Crippen LogP contribution in [0.3, 0.4) is 0 Å². The van der Waals surface area contributed by atoms with Gasteiger partial charge in [-0.25, -0.2) is 0 Å². The Bertz CT molecular complexity index is 164. The van der Waals surface area contributed by atoms with E-state index in [9.17, 15) is 4.79 Å². The second-order valence-corrected chi connectivity index (χ2v) is 2.35. The molecule has 0 bridgehead atoms. The lowest BCUT2D eigenvalue weighted by Gasteiger charge is -1.95. The molecule has 0 aromatic heterocycles. The molecule has 62 valence electrons. The molecule has 0 amide bonds. The molecule has 0 aliphatic rings. The number of carbonyl (C=O) groups is 1.